The van der Waals surface area contributed by atoms with Gasteiger partial charge in [0.15, 0.2) is 0 Å². The molecule has 0 atom stereocenters. The number of nitrogens with one attached hydrogen (secondary N) is 1. The first-order valence-electron chi connectivity index (χ1n) is 6.39. The Kier molecular flexibility index (Phi) is 4.70. The first-order valence-corrected chi connectivity index (χ1v) is 7.27. The minimum atomic E-state index is -0.0921. The number of carbonyl (C=O) groups excluding carboxylic acids is 1. The molecule has 2 aromatic heterocycles. The summed E-state index contributed by atoms with van der Waals surface area (Å²) in [5, 5.41) is 2.01. The summed E-state index contributed by atoms with van der Waals surface area (Å²) in [6.07, 6.45) is 0. The second kappa shape index (κ2) is 6.49. The predicted molar refractivity (Wildman–Crippen MR) is 81.4 cm³/mol. The zero-order chi connectivity index (χ0) is 14.5. The van der Waals surface area contributed by atoms with Crippen LogP contribution >= 0.6 is 11.3 Å². The van der Waals surface area contributed by atoms with Crippen LogP contribution in [0.25, 0.3) is 0 Å². The molecule has 0 spiro atoms. The number of carbonyl (C=O) groups is 1. The molecule has 0 aliphatic rings. The highest BCUT2D eigenvalue weighted by Gasteiger charge is 2.20. The van der Waals surface area contributed by atoms with E-state index >= 15 is 0 Å². The summed E-state index contributed by atoms with van der Waals surface area (Å²) in [7, 11) is 0. The third-order valence-electron chi connectivity index (χ3n) is 2.91. The van der Waals surface area contributed by atoms with E-state index in [9.17, 15) is 4.79 Å². The molecule has 0 fully saturated rings. The second-order valence-electron chi connectivity index (χ2n) is 4.66. The molecule has 0 aliphatic heterocycles. The first-order chi connectivity index (χ1) is 9.61. The third kappa shape index (κ3) is 3.34. The van der Waals surface area contributed by atoms with Gasteiger partial charge in [-0.25, -0.2) is 10.8 Å². The lowest BCUT2D eigenvalue weighted by molar-refractivity contribution is 0.0686. The Labute approximate surface area is 122 Å². The van der Waals surface area contributed by atoms with Crippen LogP contribution in [0.4, 0.5) is 5.82 Å². The number of nitrogen functional groups attached to an aromatic ring is 1. The van der Waals surface area contributed by atoms with Crippen LogP contribution in [0.15, 0.2) is 35.7 Å². The summed E-state index contributed by atoms with van der Waals surface area (Å²) in [6, 6.07) is 9.29. The van der Waals surface area contributed by atoms with Crippen LogP contribution in [0.2, 0.25) is 0 Å². The Morgan fingerprint density at radius 1 is 1.40 bits per heavy atom. The minimum Gasteiger partial charge on any atom is -0.330 e. The van der Waals surface area contributed by atoms with Crippen molar-refractivity contribution in [2.75, 3.05) is 5.43 Å². The van der Waals surface area contributed by atoms with Crippen molar-refractivity contribution in [1.29, 1.82) is 0 Å². The molecule has 20 heavy (non-hydrogen) atoms. The van der Waals surface area contributed by atoms with Gasteiger partial charge in [-0.15, -0.1) is 11.3 Å². The summed E-state index contributed by atoms with van der Waals surface area (Å²) in [5.74, 6) is 5.72. The van der Waals surface area contributed by atoms with Gasteiger partial charge in [0.1, 0.15) is 11.5 Å². The van der Waals surface area contributed by atoms with Crippen molar-refractivity contribution in [2.45, 2.75) is 26.4 Å². The maximum absolute atomic E-state index is 12.6. The van der Waals surface area contributed by atoms with Gasteiger partial charge in [-0.2, -0.15) is 0 Å². The van der Waals surface area contributed by atoms with E-state index in [1.807, 2.05) is 31.4 Å². The molecule has 0 aromatic carbocycles. The minimum absolute atomic E-state index is 0.0921. The first kappa shape index (κ1) is 14.5. The van der Waals surface area contributed by atoms with Gasteiger partial charge in [-0.05, 0) is 37.4 Å². The SMILES string of the molecule is CC(C)N(Cc1cccs1)C(=O)c1cccc(NN)n1. The topological polar surface area (TPSA) is 71.2 Å². The molecule has 1 amide bonds. The Balaban J connectivity index is 2.22. The van der Waals surface area contributed by atoms with Crippen molar-refractivity contribution in [2.24, 2.45) is 5.84 Å². The smallest absolute Gasteiger partial charge is 0.273 e. The van der Waals surface area contributed by atoms with Crippen LogP contribution in [-0.2, 0) is 6.54 Å². The highest BCUT2D eigenvalue weighted by atomic mass is 32.1. The van der Waals surface area contributed by atoms with Gasteiger partial charge in [-0.3, -0.25) is 4.79 Å². The van der Waals surface area contributed by atoms with E-state index in [0.29, 0.717) is 18.1 Å². The van der Waals surface area contributed by atoms with Crippen LogP contribution in [0, 0.1) is 0 Å². The summed E-state index contributed by atoms with van der Waals surface area (Å²) in [4.78, 5) is 19.7. The van der Waals surface area contributed by atoms with Gasteiger partial charge in [0, 0.05) is 10.9 Å². The van der Waals surface area contributed by atoms with Crippen LogP contribution in [-0.4, -0.2) is 21.8 Å². The van der Waals surface area contributed by atoms with Crippen molar-refractivity contribution in [3.63, 3.8) is 0 Å². The summed E-state index contributed by atoms with van der Waals surface area (Å²) in [6.45, 7) is 4.59. The quantitative estimate of drug-likeness (QED) is 0.655. The van der Waals surface area contributed by atoms with Crippen LogP contribution in [0.5, 0.6) is 0 Å². The van der Waals surface area contributed by atoms with Crippen LogP contribution < -0.4 is 11.3 Å². The Morgan fingerprint density at radius 2 is 2.20 bits per heavy atom. The number of thiophene rings is 1. The number of aromatic nitrogens is 1. The number of hydrazine groups is 1. The number of anilines is 1. The van der Waals surface area contributed by atoms with Crippen molar-refractivity contribution >= 4 is 23.1 Å². The molecule has 3 N–H and O–H groups in total. The molecule has 0 saturated heterocycles. The Morgan fingerprint density at radius 3 is 2.80 bits per heavy atom. The number of nitrogens with two attached hydrogens (primary N) is 1. The number of rotatable bonds is 5. The lowest BCUT2D eigenvalue weighted by Crippen LogP contribution is -2.36. The number of hydrogen-bond donors (Lipinski definition) is 2. The number of nitrogens with zero attached hydrogens (tertiary/aromatic N) is 2. The van der Waals surface area contributed by atoms with Gasteiger partial charge in [-0.1, -0.05) is 12.1 Å². The fraction of sp³-hybridized carbons (Fsp3) is 0.286. The average Bonchev–Trinajstić information content (AvgIpc) is 2.97. The molecular weight excluding hydrogens is 272 g/mol. The van der Waals surface area contributed by atoms with E-state index in [-0.39, 0.29) is 11.9 Å². The fourth-order valence-electron chi connectivity index (χ4n) is 1.84. The van der Waals surface area contributed by atoms with Crippen LogP contribution in [0.1, 0.15) is 29.2 Å². The molecule has 0 saturated carbocycles. The lowest BCUT2D eigenvalue weighted by Gasteiger charge is -2.26. The van der Waals surface area contributed by atoms with E-state index in [0.717, 1.165) is 4.88 Å². The monoisotopic (exact) mass is 290 g/mol. The van der Waals surface area contributed by atoms with Crippen LogP contribution in [0.3, 0.4) is 0 Å². The number of hydrogen-bond acceptors (Lipinski definition) is 5. The zero-order valence-electron chi connectivity index (χ0n) is 11.5. The van der Waals surface area contributed by atoms with Crippen molar-refractivity contribution < 1.29 is 4.79 Å². The van der Waals surface area contributed by atoms with Crippen molar-refractivity contribution in [3.05, 3.63) is 46.3 Å². The molecule has 6 heteroatoms. The third-order valence-corrected chi connectivity index (χ3v) is 3.77. The molecule has 5 nitrogen and oxygen atoms in total. The van der Waals surface area contributed by atoms with Gasteiger partial charge in [0.25, 0.3) is 5.91 Å². The Bertz CT molecular complexity index is 568. The van der Waals surface area contributed by atoms with Gasteiger partial charge < -0.3 is 10.3 Å². The average molecular weight is 290 g/mol. The summed E-state index contributed by atoms with van der Waals surface area (Å²) < 4.78 is 0. The largest absolute Gasteiger partial charge is 0.330 e. The lowest BCUT2D eigenvalue weighted by atomic mass is 10.2. The standard InChI is InChI=1S/C14H18N4OS/c1-10(2)18(9-11-5-4-8-20-11)14(19)12-6-3-7-13(16-12)17-15/h3-8,10H,9,15H2,1-2H3,(H,16,17). The molecule has 2 rings (SSSR count). The molecule has 0 aliphatic carbocycles. The molecule has 2 heterocycles. The molecular formula is C14H18N4OS. The van der Waals surface area contributed by atoms with Crippen molar-refractivity contribution in [1.82, 2.24) is 9.88 Å². The van der Waals surface area contributed by atoms with Gasteiger partial charge in [0.05, 0.1) is 6.54 Å². The fourth-order valence-corrected chi connectivity index (χ4v) is 2.54. The summed E-state index contributed by atoms with van der Waals surface area (Å²) in [5.41, 5.74) is 2.85. The van der Waals surface area contributed by atoms with Gasteiger partial charge >= 0.3 is 0 Å². The molecule has 0 bridgehead atoms. The summed E-state index contributed by atoms with van der Waals surface area (Å²) >= 11 is 1.64. The van der Waals surface area contributed by atoms with E-state index in [1.165, 1.54) is 0 Å². The van der Waals surface area contributed by atoms with Gasteiger partial charge in [0.2, 0.25) is 0 Å². The second-order valence-corrected chi connectivity index (χ2v) is 5.69. The van der Waals surface area contributed by atoms with Crippen molar-refractivity contribution in [3.8, 4) is 0 Å². The molecule has 106 valence electrons. The van der Waals surface area contributed by atoms with E-state index in [2.05, 4.69) is 10.4 Å². The Hall–Kier alpha value is -1.92. The van der Waals surface area contributed by atoms with E-state index < -0.39 is 0 Å². The molecule has 0 unspecified atom stereocenters. The van der Waals surface area contributed by atoms with E-state index in [4.69, 9.17) is 5.84 Å². The number of amides is 1. The zero-order valence-corrected chi connectivity index (χ0v) is 12.4. The number of pyridine rings is 1. The van der Waals surface area contributed by atoms with E-state index in [1.54, 1.807) is 34.4 Å². The highest BCUT2D eigenvalue weighted by Crippen LogP contribution is 2.16. The maximum atomic E-state index is 12.6. The maximum Gasteiger partial charge on any atom is 0.273 e. The highest BCUT2D eigenvalue weighted by molar-refractivity contribution is 7.09. The molecule has 2 aromatic rings. The molecule has 0 radical (unpaired) electrons. The normalized spacial score (nSPS) is 10.6. The predicted octanol–water partition coefficient (Wildman–Crippen LogP) is 2.48.